The number of aryl methyl sites for hydroxylation is 1. The van der Waals surface area contributed by atoms with Crippen LogP contribution in [0, 0.1) is 0 Å². The Morgan fingerprint density at radius 2 is 1.69 bits per heavy atom. The summed E-state index contributed by atoms with van der Waals surface area (Å²) < 4.78 is 10.3. The van der Waals surface area contributed by atoms with E-state index in [9.17, 15) is 0 Å². The molecule has 0 saturated heterocycles. The predicted octanol–water partition coefficient (Wildman–Crippen LogP) is 2.26. The standard InChI is InChI=1S/C13H21NO2/c1-4-5-10-6-8-11(9-7-10)12(14)13(15-2)16-3/h6-9,12-13H,4-5,14H2,1-3H3. The van der Waals surface area contributed by atoms with Crippen molar-refractivity contribution in [3.8, 4) is 0 Å². The number of hydrogen-bond donors (Lipinski definition) is 1. The molecule has 0 spiro atoms. The number of nitrogens with two attached hydrogens (primary N) is 1. The van der Waals surface area contributed by atoms with Crippen LogP contribution in [0.2, 0.25) is 0 Å². The Morgan fingerprint density at radius 1 is 1.12 bits per heavy atom. The van der Waals surface area contributed by atoms with Crippen LogP contribution in [0.4, 0.5) is 0 Å². The molecular weight excluding hydrogens is 202 g/mol. The van der Waals surface area contributed by atoms with Crippen LogP contribution in [-0.2, 0) is 15.9 Å². The highest BCUT2D eigenvalue weighted by Crippen LogP contribution is 2.18. The third-order valence-electron chi connectivity index (χ3n) is 2.66. The van der Waals surface area contributed by atoms with Crippen LogP contribution < -0.4 is 5.73 Å². The molecule has 1 atom stereocenters. The van der Waals surface area contributed by atoms with Crippen molar-refractivity contribution in [2.75, 3.05) is 14.2 Å². The van der Waals surface area contributed by atoms with E-state index >= 15 is 0 Å². The van der Waals surface area contributed by atoms with Gasteiger partial charge >= 0.3 is 0 Å². The minimum Gasteiger partial charge on any atom is -0.354 e. The molecule has 0 amide bonds. The van der Waals surface area contributed by atoms with Gasteiger partial charge in [0.15, 0.2) is 6.29 Å². The first-order valence-corrected chi connectivity index (χ1v) is 5.63. The lowest BCUT2D eigenvalue weighted by molar-refractivity contribution is -0.117. The fraction of sp³-hybridized carbons (Fsp3) is 0.538. The summed E-state index contributed by atoms with van der Waals surface area (Å²) >= 11 is 0. The molecule has 90 valence electrons. The summed E-state index contributed by atoms with van der Waals surface area (Å²) in [7, 11) is 3.19. The maximum Gasteiger partial charge on any atom is 0.175 e. The molecule has 0 aliphatic heterocycles. The van der Waals surface area contributed by atoms with Gasteiger partial charge in [-0.1, -0.05) is 37.6 Å². The SMILES string of the molecule is CCCc1ccc(C(N)C(OC)OC)cc1. The van der Waals surface area contributed by atoms with Gasteiger partial charge in [-0.15, -0.1) is 0 Å². The van der Waals surface area contributed by atoms with E-state index in [1.54, 1.807) is 14.2 Å². The molecule has 0 saturated carbocycles. The van der Waals surface area contributed by atoms with Crippen molar-refractivity contribution in [3.63, 3.8) is 0 Å². The van der Waals surface area contributed by atoms with E-state index in [0.29, 0.717) is 0 Å². The van der Waals surface area contributed by atoms with Gasteiger partial charge in [-0.05, 0) is 17.5 Å². The largest absolute Gasteiger partial charge is 0.354 e. The summed E-state index contributed by atoms with van der Waals surface area (Å²) in [6, 6.07) is 8.06. The first-order valence-electron chi connectivity index (χ1n) is 5.63. The topological polar surface area (TPSA) is 44.5 Å². The van der Waals surface area contributed by atoms with Gasteiger partial charge in [0.05, 0.1) is 6.04 Å². The molecule has 3 nitrogen and oxygen atoms in total. The van der Waals surface area contributed by atoms with E-state index in [2.05, 4.69) is 19.1 Å². The quantitative estimate of drug-likeness (QED) is 0.752. The van der Waals surface area contributed by atoms with Crippen LogP contribution in [0.25, 0.3) is 0 Å². The summed E-state index contributed by atoms with van der Waals surface area (Å²) in [4.78, 5) is 0. The first kappa shape index (κ1) is 13.2. The van der Waals surface area contributed by atoms with Crippen LogP contribution >= 0.6 is 0 Å². The zero-order chi connectivity index (χ0) is 12.0. The molecule has 1 aromatic rings. The molecule has 0 bridgehead atoms. The number of hydrogen-bond acceptors (Lipinski definition) is 3. The van der Waals surface area contributed by atoms with Gasteiger partial charge in [-0.25, -0.2) is 0 Å². The van der Waals surface area contributed by atoms with E-state index in [4.69, 9.17) is 15.2 Å². The Kier molecular flexibility index (Phi) is 5.46. The number of ether oxygens (including phenoxy) is 2. The van der Waals surface area contributed by atoms with Gasteiger partial charge in [0.25, 0.3) is 0 Å². The van der Waals surface area contributed by atoms with Crippen molar-refractivity contribution in [1.29, 1.82) is 0 Å². The lowest BCUT2D eigenvalue weighted by Gasteiger charge is -2.21. The average molecular weight is 223 g/mol. The van der Waals surface area contributed by atoms with Gasteiger partial charge in [0, 0.05) is 14.2 Å². The molecule has 0 radical (unpaired) electrons. The maximum atomic E-state index is 6.03. The molecule has 2 N–H and O–H groups in total. The molecular formula is C13H21NO2. The zero-order valence-corrected chi connectivity index (χ0v) is 10.3. The zero-order valence-electron chi connectivity index (χ0n) is 10.3. The van der Waals surface area contributed by atoms with Crippen molar-refractivity contribution in [3.05, 3.63) is 35.4 Å². The van der Waals surface area contributed by atoms with E-state index in [0.717, 1.165) is 18.4 Å². The van der Waals surface area contributed by atoms with Crippen LogP contribution in [0.5, 0.6) is 0 Å². The molecule has 1 aromatic carbocycles. The molecule has 0 aliphatic rings. The molecule has 3 heteroatoms. The van der Waals surface area contributed by atoms with E-state index in [1.807, 2.05) is 12.1 Å². The van der Waals surface area contributed by atoms with E-state index < -0.39 is 6.29 Å². The fourth-order valence-corrected chi connectivity index (χ4v) is 1.74. The van der Waals surface area contributed by atoms with Crippen molar-refractivity contribution in [1.82, 2.24) is 0 Å². The maximum absolute atomic E-state index is 6.03. The van der Waals surface area contributed by atoms with Gasteiger partial charge in [0.2, 0.25) is 0 Å². The highest BCUT2D eigenvalue weighted by atomic mass is 16.7. The third kappa shape index (κ3) is 3.30. The fourth-order valence-electron chi connectivity index (χ4n) is 1.74. The Morgan fingerprint density at radius 3 is 2.12 bits per heavy atom. The number of benzene rings is 1. The van der Waals surface area contributed by atoms with E-state index in [-0.39, 0.29) is 6.04 Å². The summed E-state index contributed by atoms with van der Waals surface area (Å²) in [5, 5.41) is 0. The summed E-state index contributed by atoms with van der Waals surface area (Å²) in [6.07, 6.45) is 1.87. The van der Waals surface area contributed by atoms with Crippen molar-refractivity contribution >= 4 is 0 Å². The van der Waals surface area contributed by atoms with Gasteiger partial charge < -0.3 is 15.2 Å². The van der Waals surface area contributed by atoms with Gasteiger partial charge in [0.1, 0.15) is 0 Å². The second kappa shape index (κ2) is 6.63. The predicted molar refractivity (Wildman–Crippen MR) is 65.2 cm³/mol. The summed E-state index contributed by atoms with van der Waals surface area (Å²) in [5.74, 6) is 0. The van der Waals surface area contributed by atoms with E-state index in [1.165, 1.54) is 5.56 Å². The van der Waals surface area contributed by atoms with Crippen LogP contribution in [-0.4, -0.2) is 20.5 Å². The Hall–Kier alpha value is -0.900. The smallest absolute Gasteiger partial charge is 0.175 e. The molecule has 0 heterocycles. The first-order chi connectivity index (χ1) is 7.72. The van der Waals surface area contributed by atoms with Gasteiger partial charge in [-0.3, -0.25) is 0 Å². The van der Waals surface area contributed by atoms with Crippen molar-refractivity contribution in [2.24, 2.45) is 5.73 Å². The summed E-state index contributed by atoms with van der Waals surface area (Å²) in [5.41, 5.74) is 8.41. The highest BCUT2D eigenvalue weighted by molar-refractivity contribution is 5.25. The lowest BCUT2D eigenvalue weighted by Crippen LogP contribution is -2.29. The Bertz CT molecular complexity index is 293. The Balaban J connectivity index is 2.72. The minimum atomic E-state index is -0.392. The molecule has 0 aromatic heterocycles. The minimum absolute atomic E-state index is 0.245. The highest BCUT2D eigenvalue weighted by Gasteiger charge is 2.17. The molecule has 0 aliphatic carbocycles. The molecule has 16 heavy (non-hydrogen) atoms. The summed E-state index contributed by atoms with van der Waals surface area (Å²) in [6.45, 7) is 2.17. The molecule has 1 rings (SSSR count). The lowest BCUT2D eigenvalue weighted by atomic mass is 10.0. The normalized spacial score (nSPS) is 13.1. The average Bonchev–Trinajstić information content (AvgIpc) is 2.32. The van der Waals surface area contributed by atoms with Gasteiger partial charge in [-0.2, -0.15) is 0 Å². The second-order valence-electron chi connectivity index (χ2n) is 3.86. The van der Waals surface area contributed by atoms with Crippen molar-refractivity contribution < 1.29 is 9.47 Å². The molecule has 1 unspecified atom stereocenters. The third-order valence-corrected chi connectivity index (χ3v) is 2.66. The van der Waals surface area contributed by atoms with Crippen LogP contribution in [0.3, 0.4) is 0 Å². The number of methoxy groups -OCH3 is 2. The monoisotopic (exact) mass is 223 g/mol. The number of rotatable bonds is 6. The second-order valence-corrected chi connectivity index (χ2v) is 3.86. The van der Waals surface area contributed by atoms with Crippen molar-refractivity contribution in [2.45, 2.75) is 32.1 Å². The van der Waals surface area contributed by atoms with Crippen LogP contribution in [0.1, 0.15) is 30.5 Å². The molecule has 0 fully saturated rings. The van der Waals surface area contributed by atoms with Crippen LogP contribution in [0.15, 0.2) is 24.3 Å². The Labute approximate surface area is 97.6 Å².